The van der Waals surface area contributed by atoms with Gasteiger partial charge in [0.1, 0.15) is 5.82 Å². The number of aromatic nitrogens is 3. The lowest BCUT2D eigenvalue weighted by Crippen LogP contribution is -2.05. The molecule has 21 heavy (non-hydrogen) atoms. The van der Waals surface area contributed by atoms with Crippen molar-refractivity contribution in [3.8, 4) is 11.4 Å². The molecule has 0 fully saturated rings. The molecule has 0 amide bonds. The van der Waals surface area contributed by atoms with Gasteiger partial charge in [0.15, 0.2) is 11.0 Å². The Kier molecular flexibility index (Phi) is 5.17. The molecule has 0 N–H and O–H groups in total. The first-order chi connectivity index (χ1) is 9.99. The molecule has 0 aliphatic heterocycles. The van der Waals surface area contributed by atoms with E-state index in [2.05, 4.69) is 30.6 Å². The highest BCUT2D eigenvalue weighted by Crippen LogP contribution is 2.27. The Morgan fingerprint density at radius 2 is 2.05 bits per heavy atom. The van der Waals surface area contributed by atoms with E-state index in [-0.39, 0.29) is 5.82 Å². The van der Waals surface area contributed by atoms with E-state index in [0.29, 0.717) is 23.9 Å². The molecule has 0 spiro atoms. The van der Waals surface area contributed by atoms with Crippen LogP contribution in [0.15, 0.2) is 41.6 Å². The van der Waals surface area contributed by atoms with E-state index >= 15 is 0 Å². The van der Waals surface area contributed by atoms with Gasteiger partial charge in [-0.3, -0.25) is 4.57 Å². The first-order valence-corrected chi connectivity index (χ1v) is 7.93. The van der Waals surface area contributed by atoms with E-state index in [0.717, 1.165) is 16.5 Å². The van der Waals surface area contributed by atoms with Crippen LogP contribution in [-0.2, 0) is 6.54 Å². The zero-order valence-electron chi connectivity index (χ0n) is 12.6. The summed E-state index contributed by atoms with van der Waals surface area (Å²) < 4.78 is 15.9. The summed E-state index contributed by atoms with van der Waals surface area (Å²) in [6.45, 7) is 10.8. The average Bonchev–Trinajstić information content (AvgIpc) is 2.79. The molecule has 1 aromatic heterocycles. The topological polar surface area (TPSA) is 30.7 Å². The number of thioether (sulfide) groups is 1. The van der Waals surface area contributed by atoms with Crippen molar-refractivity contribution in [1.82, 2.24) is 14.8 Å². The Morgan fingerprint density at radius 1 is 1.33 bits per heavy atom. The number of hydrogen-bond acceptors (Lipinski definition) is 3. The van der Waals surface area contributed by atoms with Gasteiger partial charge in [0.2, 0.25) is 0 Å². The number of benzene rings is 1. The van der Waals surface area contributed by atoms with E-state index in [1.165, 1.54) is 6.07 Å². The van der Waals surface area contributed by atoms with Crippen molar-refractivity contribution in [2.24, 2.45) is 5.92 Å². The summed E-state index contributed by atoms with van der Waals surface area (Å²) in [4.78, 5) is 0. The maximum Gasteiger partial charge on any atom is 0.191 e. The summed E-state index contributed by atoms with van der Waals surface area (Å²) in [5, 5.41) is 9.23. The van der Waals surface area contributed by atoms with Gasteiger partial charge in [0, 0.05) is 12.3 Å². The number of allylic oxidation sites excluding steroid dienone is 1. The summed E-state index contributed by atoms with van der Waals surface area (Å²) in [6.07, 6.45) is 0. The summed E-state index contributed by atoms with van der Waals surface area (Å²) in [7, 11) is 0. The van der Waals surface area contributed by atoms with Crippen LogP contribution >= 0.6 is 11.8 Å². The zero-order valence-corrected chi connectivity index (χ0v) is 13.5. The fourth-order valence-electron chi connectivity index (χ4n) is 1.89. The van der Waals surface area contributed by atoms with E-state index in [4.69, 9.17) is 0 Å². The number of rotatable bonds is 6. The van der Waals surface area contributed by atoms with Gasteiger partial charge in [0.25, 0.3) is 0 Å². The van der Waals surface area contributed by atoms with Crippen LogP contribution in [0.5, 0.6) is 0 Å². The molecule has 0 aliphatic rings. The Morgan fingerprint density at radius 3 is 2.67 bits per heavy atom. The molecule has 0 unspecified atom stereocenters. The Bertz CT molecular complexity index is 634. The van der Waals surface area contributed by atoms with Gasteiger partial charge in [-0.2, -0.15) is 0 Å². The van der Waals surface area contributed by atoms with Gasteiger partial charge in [-0.05, 0) is 25.0 Å². The molecule has 0 saturated carbocycles. The number of hydrogen-bond donors (Lipinski definition) is 0. The minimum Gasteiger partial charge on any atom is -0.298 e. The molecular weight excluding hydrogens is 285 g/mol. The van der Waals surface area contributed by atoms with Crippen LogP contribution in [0.4, 0.5) is 4.39 Å². The smallest absolute Gasteiger partial charge is 0.191 e. The Labute approximate surface area is 129 Å². The standard InChI is InChI=1S/C16H20FN3S/c1-11(2)9-20-15(13-7-5-6-8-14(13)17)18-19-16(20)21-10-12(3)4/h5-8,12H,1,9-10H2,2-4H3. The van der Waals surface area contributed by atoms with Crippen LogP contribution in [-0.4, -0.2) is 20.5 Å². The SMILES string of the molecule is C=C(C)Cn1c(SCC(C)C)nnc1-c1ccccc1F. The summed E-state index contributed by atoms with van der Waals surface area (Å²) in [5.74, 6) is 1.78. The maximum atomic E-state index is 14.0. The van der Waals surface area contributed by atoms with E-state index in [9.17, 15) is 4.39 Å². The lowest BCUT2D eigenvalue weighted by molar-refractivity contribution is 0.625. The average molecular weight is 305 g/mol. The van der Waals surface area contributed by atoms with Crippen molar-refractivity contribution in [2.45, 2.75) is 32.5 Å². The third kappa shape index (κ3) is 3.94. The van der Waals surface area contributed by atoms with Crippen molar-refractivity contribution < 1.29 is 4.39 Å². The van der Waals surface area contributed by atoms with E-state index < -0.39 is 0 Å². The third-order valence-electron chi connectivity index (χ3n) is 2.81. The minimum absolute atomic E-state index is 0.284. The molecule has 2 rings (SSSR count). The second kappa shape index (κ2) is 6.89. The Balaban J connectivity index is 2.41. The van der Waals surface area contributed by atoms with Gasteiger partial charge in [-0.1, -0.05) is 49.9 Å². The highest BCUT2D eigenvalue weighted by Gasteiger charge is 2.17. The predicted octanol–water partition coefficient (Wildman–Crippen LogP) is 4.41. The fourth-order valence-corrected chi connectivity index (χ4v) is 2.78. The lowest BCUT2D eigenvalue weighted by Gasteiger charge is -2.11. The molecule has 0 atom stereocenters. The Hall–Kier alpha value is -1.62. The quantitative estimate of drug-likeness (QED) is 0.585. The predicted molar refractivity (Wildman–Crippen MR) is 85.8 cm³/mol. The van der Waals surface area contributed by atoms with Crippen molar-refractivity contribution in [3.05, 3.63) is 42.2 Å². The first-order valence-electron chi connectivity index (χ1n) is 6.94. The van der Waals surface area contributed by atoms with E-state index in [1.807, 2.05) is 11.5 Å². The second-order valence-corrected chi connectivity index (χ2v) is 6.52. The van der Waals surface area contributed by atoms with Crippen LogP contribution < -0.4 is 0 Å². The molecular formula is C16H20FN3S. The zero-order chi connectivity index (χ0) is 15.4. The fraction of sp³-hybridized carbons (Fsp3) is 0.375. The van der Waals surface area contributed by atoms with E-state index in [1.54, 1.807) is 30.0 Å². The largest absolute Gasteiger partial charge is 0.298 e. The monoisotopic (exact) mass is 305 g/mol. The van der Waals surface area contributed by atoms with Gasteiger partial charge < -0.3 is 0 Å². The van der Waals surface area contributed by atoms with Crippen LogP contribution in [0.2, 0.25) is 0 Å². The molecule has 0 saturated heterocycles. The molecule has 1 aromatic carbocycles. The maximum absolute atomic E-state index is 14.0. The molecule has 0 aliphatic carbocycles. The molecule has 2 aromatic rings. The van der Waals surface area contributed by atoms with Crippen LogP contribution in [0, 0.1) is 11.7 Å². The number of nitrogens with zero attached hydrogens (tertiary/aromatic N) is 3. The van der Waals surface area contributed by atoms with Crippen molar-refractivity contribution in [1.29, 1.82) is 0 Å². The van der Waals surface area contributed by atoms with Gasteiger partial charge in [-0.25, -0.2) is 4.39 Å². The summed E-state index contributed by atoms with van der Waals surface area (Å²) in [5.41, 5.74) is 1.46. The highest BCUT2D eigenvalue weighted by molar-refractivity contribution is 7.99. The van der Waals surface area contributed by atoms with Crippen LogP contribution in [0.1, 0.15) is 20.8 Å². The summed E-state index contributed by atoms with van der Waals surface area (Å²) in [6, 6.07) is 6.65. The highest BCUT2D eigenvalue weighted by atomic mass is 32.2. The molecule has 3 nitrogen and oxygen atoms in total. The van der Waals surface area contributed by atoms with Crippen molar-refractivity contribution in [2.75, 3.05) is 5.75 Å². The van der Waals surface area contributed by atoms with Crippen LogP contribution in [0.3, 0.4) is 0 Å². The van der Waals surface area contributed by atoms with Crippen molar-refractivity contribution in [3.63, 3.8) is 0 Å². The third-order valence-corrected chi connectivity index (χ3v) is 4.20. The normalized spacial score (nSPS) is 11.1. The van der Waals surface area contributed by atoms with Gasteiger partial charge in [-0.15, -0.1) is 10.2 Å². The summed E-state index contributed by atoms with van der Waals surface area (Å²) >= 11 is 1.64. The molecule has 5 heteroatoms. The second-order valence-electron chi connectivity index (χ2n) is 5.53. The van der Waals surface area contributed by atoms with Gasteiger partial charge >= 0.3 is 0 Å². The van der Waals surface area contributed by atoms with Crippen LogP contribution in [0.25, 0.3) is 11.4 Å². The molecule has 1 heterocycles. The lowest BCUT2D eigenvalue weighted by atomic mass is 10.2. The molecule has 112 valence electrons. The minimum atomic E-state index is -0.284. The molecule has 0 radical (unpaired) electrons. The number of halogens is 1. The van der Waals surface area contributed by atoms with Gasteiger partial charge in [0.05, 0.1) is 5.56 Å². The van der Waals surface area contributed by atoms with Crippen molar-refractivity contribution >= 4 is 11.8 Å². The molecule has 0 bridgehead atoms. The first kappa shape index (κ1) is 15.8.